The van der Waals surface area contributed by atoms with E-state index >= 15 is 0 Å². The molecule has 0 aliphatic carbocycles. The number of aldehydes is 1. The molecule has 1 saturated heterocycles. The summed E-state index contributed by atoms with van der Waals surface area (Å²) < 4.78 is 23.2. The molecule has 3 heterocycles. The van der Waals surface area contributed by atoms with Crippen molar-refractivity contribution >= 4 is 47.5 Å². The Bertz CT molecular complexity index is 1980. The monoisotopic (exact) mass is 821 g/mol. The quantitative estimate of drug-likeness (QED) is 0.0712. The molecule has 0 unspecified atom stereocenters. The highest BCUT2D eigenvalue weighted by Crippen LogP contribution is 2.31. The number of hydrogen-bond donors (Lipinski definition) is 1. The van der Waals surface area contributed by atoms with Crippen molar-refractivity contribution in [1.29, 1.82) is 0 Å². The van der Waals surface area contributed by atoms with E-state index in [2.05, 4.69) is 32.5 Å². The molecule has 18 heteroatoms. The Labute approximate surface area is 341 Å². The predicted octanol–water partition coefficient (Wildman–Crippen LogP) is 4.13. The van der Waals surface area contributed by atoms with Gasteiger partial charge >= 0.3 is 18.0 Å². The van der Waals surface area contributed by atoms with Crippen LogP contribution in [0.5, 0.6) is 5.88 Å². The molecule has 1 fully saturated rings. The van der Waals surface area contributed by atoms with Crippen LogP contribution in [-0.2, 0) is 38.2 Å². The minimum absolute atomic E-state index is 0.0341. The van der Waals surface area contributed by atoms with Crippen molar-refractivity contribution in [3.8, 4) is 28.2 Å². The summed E-state index contributed by atoms with van der Waals surface area (Å²) in [5.41, 5.74) is 2.98. The first-order valence-electron chi connectivity index (χ1n) is 18.8. The van der Waals surface area contributed by atoms with Gasteiger partial charge in [0.15, 0.2) is 0 Å². The van der Waals surface area contributed by atoms with Crippen LogP contribution in [0.3, 0.4) is 0 Å². The van der Waals surface area contributed by atoms with Crippen molar-refractivity contribution in [3.05, 3.63) is 47.2 Å². The van der Waals surface area contributed by atoms with E-state index in [1.165, 1.54) is 45.9 Å². The van der Waals surface area contributed by atoms with Gasteiger partial charge in [0.1, 0.15) is 42.4 Å². The maximum absolute atomic E-state index is 14.3. The summed E-state index contributed by atoms with van der Waals surface area (Å²) in [5, 5.41) is 11.1. The Morgan fingerprint density at radius 1 is 1.10 bits per heavy atom. The molecule has 4 atom stereocenters. The lowest BCUT2D eigenvalue weighted by Crippen LogP contribution is -2.50. The number of nitrogens with zero attached hydrogens (tertiary/aromatic N) is 6. The number of benzene rings is 1. The first kappa shape index (κ1) is 44.9. The molecule has 1 aromatic carbocycles. The van der Waals surface area contributed by atoms with Gasteiger partial charge in [-0.15, -0.1) is 11.3 Å². The Hall–Kier alpha value is -5.83. The molecular weight excluding hydrogens is 771 g/mol. The first-order chi connectivity index (χ1) is 27.5. The van der Waals surface area contributed by atoms with E-state index in [-0.39, 0.29) is 44.5 Å². The van der Waals surface area contributed by atoms with Crippen LogP contribution >= 0.6 is 11.3 Å². The smallest absolute Gasteiger partial charge is 0.410 e. The topological polar surface area (TPSA) is 201 Å². The fourth-order valence-corrected chi connectivity index (χ4v) is 6.78. The zero-order valence-electron chi connectivity index (χ0n) is 34.1. The van der Waals surface area contributed by atoms with E-state index in [4.69, 9.17) is 18.9 Å². The SMILES string of the molecule is CC(=O)OC[C@H](NC(=O)[C@@H]1C[C@@H](OC(C)=O)CN1C(=O)[C@H](C(C)C)n1cc(OCCCC=O)nn1)c1ccc(-c2scnc2C#CCN(C)C(=O)OC(C)(C)C)cc1. The van der Waals surface area contributed by atoms with E-state index in [1.807, 2.05) is 26.0 Å². The van der Waals surface area contributed by atoms with Crippen LogP contribution in [0.25, 0.3) is 10.4 Å². The zero-order chi connectivity index (χ0) is 42.6. The number of carbonyl (C=O) groups excluding carboxylic acids is 6. The van der Waals surface area contributed by atoms with Crippen LogP contribution < -0.4 is 10.1 Å². The van der Waals surface area contributed by atoms with Crippen molar-refractivity contribution in [3.63, 3.8) is 0 Å². The number of nitrogens with one attached hydrogen (secondary N) is 1. The Balaban J connectivity index is 1.54. The minimum atomic E-state index is -1.05. The van der Waals surface area contributed by atoms with E-state index in [0.717, 1.165) is 16.7 Å². The van der Waals surface area contributed by atoms with Crippen molar-refractivity contribution in [2.24, 2.45) is 5.92 Å². The van der Waals surface area contributed by atoms with E-state index in [0.29, 0.717) is 24.1 Å². The summed E-state index contributed by atoms with van der Waals surface area (Å²) in [6.45, 7) is 11.7. The number of likely N-dealkylation sites (tertiary alicyclic amines) is 1. The predicted molar refractivity (Wildman–Crippen MR) is 211 cm³/mol. The summed E-state index contributed by atoms with van der Waals surface area (Å²) >= 11 is 1.39. The third kappa shape index (κ3) is 12.8. The first-order valence-corrected chi connectivity index (χ1v) is 19.7. The van der Waals surface area contributed by atoms with E-state index in [1.54, 1.807) is 45.5 Å². The molecule has 0 spiro atoms. The second-order valence-corrected chi connectivity index (χ2v) is 15.9. The second kappa shape index (κ2) is 20.5. The summed E-state index contributed by atoms with van der Waals surface area (Å²) in [6.07, 6.45) is 1.91. The van der Waals surface area contributed by atoms with Crippen LogP contribution in [0.15, 0.2) is 36.0 Å². The normalized spacial score (nSPS) is 16.1. The lowest BCUT2D eigenvalue weighted by atomic mass is 10.0. The molecule has 1 aliphatic heterocycles. The van der Waals surface area contributed by atoms with Gasteiger partial charge in [-0.3, -0.25) is 19.2 Å². The molecule has 1 aliphatic rings. The van der Waals surface area contributed by atoms with Gasteiger partial charge in [0.05, 0.1) is 42.3 Å². The molecule has 2 aromatic heterocycles. The third-order valence-electron chi connectivity index (χ3n) is 8.70. The number of esters is 2. The highest BCUT2D eigenvalue weighted by molar-refractivity contribution is 7.13. The Morgan fingerprint density at radius 3 is 2.47 bits per heavy atom. The van der Waals surface area contributed by atoms with Gasteiger partial charge in [0, 0.05) is 33.7 Å². The molecule has 4 rings (SSSR count). The number of amides is 3. The average Bonchev–Trinajstić information content (AvgIpc) is 3.91. The van der Waals surface area contributed by atoms with Crippen LogP contribution in [0, 0.1) is 17.8 Å². The minimum Gasteiger partial charge on any atom is -0.475 e. The summed E-state index contributed by atoms with van der Waals surface area (Å²) in [5.74, 6) is 3.80. The van der Waals surface area contributed by atoms with Crippen molar-refractivity contribution in [2.45, 2.75) is 97.6 Å². The molecule has 17 nitrogen and oxygen atoms in total. The van der Waals surface area contributed by atoms with Crippen LogP contribution in [-0.4, -0.2) is 117 Å². The number of hydrogen-bond acceptors (Lipinski definition) is 14. The van der Waals surface area contributed by atoms with Gasteiger partial charge in [0.25, 0.3) is 5.88 Å². The molecule has 312 valence electrons. The van der Waals surface area contributed by atoms with Gasteiger partial charge in [-0.2, -0.15) is 0 Å². The molecule has 3 amide bonds. The second-order valence-electron chi connectivity index (χ2n) is 15.0. The number of rotatable bonds is 16. The molecule has 0 saturated carbocycles. The maximum atomic E-state index is 14.3. The molecule has 0 radical (unpaired) electrons. The third-order valence-corrected chi connectivity index (χ3v) is 9.57. The fraction of sp³-hybridized carbons (Fsp3) is 0.525. The number of ether oxygens (including phenoxy) is 4. The van der Waals surface area contributed by atoms with Gasteiger partial charge in [-0.1, -0.05) is 54.3 Å². The highest BCUT2D eigenvalue weighted by Gasteiger charge is 2.45. The van der Waals surface area contributed by atoms with Gasteiger partial charge in [0.2, 0.25) is 11.8 Å². The van der Waals surface area contributed by atoms with Gasteiger partial charge < -0.3 is 38.9 Å². The Kier molecular flexibility index (Phi) is 15.9. The van der Waals surface area contributed by atoms with Crippen LogP contribution in [0.4, 0.5) is 4.79 Å². The lowest BCUT2D eigenvalue weighted by Gasteiger charge is -2.30. The molecule has 3 aromatic rings. The van der Waals surface area contributed by atoms with Gasteiger partial charge in [-0.25, -0.2) is 14.5 Å². The van der Waals surface area contributed by atoms with Crippen molar-refractivity contribution < 1.29 is 47.7 Å². The lowest BCUT2D eigenvalue weighted by molar-refractivity contribution is -0.147. The number of thiazole rings is 1. The van der Waals surface area contributed by atoms with Gasteiger partial charge in [-0.05, 0) is 50.2 Å². The number of aromatic nitrogens is 4. The zero-order valence-corrected chi connectivity index (χ0v) is 34.9. The standard InChI is InChI=1S/C40H51N7O10S/c1-25(2)35(47-22-34(43-44-47)54-19-10-9-18-48)38(52)46-21-30(56-27(4)50)20-33(46)37(51)42-32(23-55-26(3)49)28-13-15-29(16-14-28)36-31(41-24-58-36)12-11-17-45(8)39(53)57-40(5,6)7/h13-16,18,22,24-25,30,32-33,35H,9-10,17,19-21,23H2,1-8H3,(H,42,51)/t30-,32+,33+,35+/m1/s1. The summed E-state index contributed by atoms with van der Waals surface area (Å²) in [4.78, 5) is 83.3. The molecule has 58 heavy (non-hydrogen) atoms. The maximum Gasteiger partial charge on any atom is 0.410 e. The van der Waals surface area contributed by atoms with Crippen molar-refractivity contribution in [2.75, 3.05) is 33.4 Å². The largest absolute Gasteiger partial charge is 0.475 e. The van der Waals surface area contributed by atoms with Crippen molar-refractivity contribution in [1.82, 2.24) is 35.1 Å². The molecular formula is C40H51N7O10S. The van der Waals surface area contributed by atoms with E-state index in [9.17, 15) is 28.8 Å². The summed E-state index contributed by atoms with van der Waals surface area (Å²) in [7, 11) is 1.60. The fourth-order valence-electron chi connectivity index (χ4n) is 6.03. The van der Waals surface area contributed by atoms with E-state index < -0.39 is 59.7 Å². The molecule has 0 bridgehead atoms. The summed E-state index contributed by atoms with van der Waals surface area (Å²) in [6, 6.07) is 4.50. The average molecular weight is 822 g/mol. The number of carbonyl (C=O) groups is 6. The number of unbranched alkanes of at least 4 members (excludes halogenated alkanes) is 1. The molecule has 1 N–H and O–H groups in total. The van der Waals surface area contributed by atoms with Crippen LogP contribution in [0.1, 0.15) is 91.1 Å². The Morgan fingerprint density at radius 2 is 1.83 bits per heavy atom. The van der Waals surface area contributed by atoms with Crippen LogP contribution in [0.2, 0.25) is 0 Å². The highest BCUT2D eigenvalue weighted by atomic mass is 32.1.